The van der Waals surface area contributed by atoms with Gasteiger partial charge in [-0.15, -0.1) is 0 Å². The van der Waals surface area contributed by atoms with Crippen LogP contribution in [0.3, 0.4) is 0 Å². The van der Waals surface area contributed by atoms with E-state index in [0.717, 1.165) is 6.07 Å². The molecule has 0 radical (unpaired) electrons. The first-order chi connectivity index (χ1) is 11.3. The molecule has 24 heavy (non-hydrogen) atoms. The highest BCUT2D eigenvalue weighted by atomic mass is 35.5. The third-order valence-corrected chi connectivity index (χ3v) is 3.21. The number of Topliss-reactive ketones (excluding diaryl/α,β-unsaturated/α-hetero) is 2. The number of carbonyl (C=O) groups is 2. The van der Waals surface area contributed by atoms with E-state index < -0.39 is 30.1 Å². The molecule has 0 atom stereocenters. The minimum Gasteiger partial charge on any atom is -0.489 e. The van der Waals surface area contributed by atoms with E-state index in [-0.39, 0.29) is 35.7 Å². The van der Waals surface area contributed by atoms with Crippen molar-refractivity contribution < 1.29 is 28.2 Å². The molecule has 0 saturated carbocycles. The van der Waals surface area contributed by atoms with Gasteiger partial charge in [0.15, 0.2) is 11.6 Å². The zero-order chi connectivity index (χ0) is 18.3. The Hall–Kier alpha value is -1.50. The van der Waals surface area contributed by atoms with E-state index in [1.54, 1.807) is 27.7 Å². The number of hydrogen-bond donors (Lipinski definition) is 0. The molecular weight excluding hydrogens is 339 g/mol. The highest BCUT2D eigenvalue weighted by molar-refractivity contribution is 6.32. The molecule has 0 amide bonds. The number of carbonyl (C=O) groups excluding carboxylic acids is 2. The molecule has 1 rings (SSSR count). The Morgan fingerprint density at radius 1 is 1.17 bits per heavy atom. The Kier molecular flexibility index (Phi) is 8.31. The second kappa shape index (κ2) is 9.71. The highest BCUT2D eigenvalue weighted by Gasteiger charge is 2.25. The lowest BCUT2D eigenvalue weighted by Gasteiger charge is -2.16. The first kappa shape index (κ1) is 20.5. The van der Waals surface area contributed by atoms with Gasteiger partial charge in [-0.05, 0) is 39.8 Å². The average Bonchev–Trinajstić information content (AvgIpc) is 2.49. The summed E-state index contributed by atoms with van der Waals surface area (Å²) in [6.07, 6.45) is -1.87. The molecule has 0 aliphatic carbocycles. The molecule has 0 aliphatic rings. The van der Waals surface area contributed by atoms with E-state index in [1.165, 1.54) is 6.07 Å². The summed E-state index contributed by atoms with van der Waals surface area (Å²) < 4.78 is 29.8. The summed E-state index contributed by atoms with van der Waals surface area (Å²) in [5.41, 5.74) is -0.254. The summed E-state index contributed by atoms with van der Waals surface area (Å²) in [6.45, 7) is 7.47. The summed E-state index contributed by atoms with van der Waals surface area (Å²) in [5.74, 6) is -1.87. The van der Waals surface area contributed by atoms with Crippen LogP contribution in [0.2, 0.25) is 5.02 Å². The van der Waals surface area contributed by atoms with Crippen molar-refractivity contribution >= 4 is 23.2 Å². The number of ketones is 2. The monoisotopic (exact) mass is 360 g/mol. The number of benzene rings is 1. The van der Waals surface area contributed by atoms with Gasteiger partial charge < -0.3 is 14.2 Å². The largest absolute Gasteiger partial charge is 0.489 e. The first-order valence-corrected chi connectivity index (χ1v) is 8.12. The molecule has 0 heterocycles. The van der Waals surface area contributed by atoms with Crippen molar-refractivity contribution in [1.82, 2.24) is 0 Å². The lowest BCUT2D eigenvalue weighted by Crippen LogP contribution is -2.29. The van der Waals surface area contributed by atoms with Crippen LogP contribution in [-0.4, -0.2) is 37.2 Å². The molecule has 0 bridgehead atoms. The van der Waals surface area contributed by atoms with Gasteiger partial charge in [-0.2, -0.15) is 0 Å². The van der Waals surface area contributed by atoms with Crippen molar-refractivity contribution in [2.45, 2.75) is 46.5 Å². The summed E-state index contributed by atoms with van der Waals surface area (Å²) in [6, 6.07) is 2.21. The Morgan fingerprint density at radius 3 is 2.25 bits per heavy atom. The molecule has 7 heteroatoms. The van der Waals surface area contributed by atoms with E-state index in [9.17, 15) is 14.0 Å². The van der Waals surface area contributed by atoms with Crippen LogP contribution in [0.4, 0.5) is 4.39 Å². The second-order valence-corrected chi connectivity index (χ2v) is 5.65. The Labute approximate surface area is 146 Å². The molecule has 1 aromatic carbocycles. The number of hydrogen-bond acceptors (Lipinski definition) is 5. The van der Waals surface area contributed by atoms with Gasteiger partial charge in [0.05, 0.1) is 23.1 Å². The van der Waals surface area contributed by atoms with Crippen molar-refractivity contribution in [2.75, 3.05) is 13.2 Å². The maximum atomic E-state index is 14.0. The molecule has 0 fully saturated rings. The summed E-state index contributed by atoms with van der Waals surface area (Å²) >= 11 is 5.91. The fourth-order valence-electron chi connectivity index (χ4n) is 1.96. The molecule has 0 aliphatic heterocycles. The van der Waals surface area contributed by atoms with Gasteiger partial charge in [0.2, 0.25) is 6.29 Å². The number of halogens is 2. The van der Waals surface area contributed by atoms with E-state index >= 15 is 0 Å². The first-order valence-electron chi connectivity index (χ1n) is 7.74. The number of rotatable bonds is 10. The lowest BCUT2D eigenvalue weighted by molar-refractivity contribution is -0.166. The molecule has 0 aromatic heterocycles. The summed E-state index contributed by atoms with van der Waals surface area (Å²) in [5, 5.41) is 0.0607. The zero-order valence-electron chi connectivity index (χ0n) is 14.2. The predicted octanol–water partition coefficient (Wildman–Crippen LogP) is 3.81. The maximum absolute atomic E-state index is 14.0. The van der Waals surface area contributed by atoms with Gasteiger partial charge in [0, 0.05) is 13.2 Å². The maximum Gasteiger partial charge on any atom is 0.218 e. The second-order valence-electron chi connectivity index (χ2n) is 5.24. The fourth-order valence-corrected chi connectivity index (χ4v) is 2.16. The van der Waals surface area contributed by atoms with E-state index in [0.29, 0.717) is 0 Å². The molecule has 134 valence electrons. The minimum absolute atomic E-state index is 0.0607. The molecular formula is C17H22ClFO5. The van der Waals surface area contributed by atoms with Crippen molar-refractivity contribution in [2.24, 2.45) is 0 Å². The average molecular weight is 361 g/mol. The van der Waals surface area contributed by atoms with Crippen LogP contribution in [0, 0.1) is 5.82 Å². The quantitative estimate of drug-likeness (QED) is 0.361. The third kappa shape index (κ3) is 5.85. The minimum atomic E-state index is -1.13. The van der Waals surface area contributed by atoms with Gasteiger partial charge >= 0.3 is 0 Å². The highest BCUT2D eigenvalue weighted by Crippen LogP contribution is 2.29. The zero-order valence-corrected chi connectivity index (χ0v) is 15.0. The topological polar surface area (TPSA) is 61.8 Å². The van der Waals surface area contributed by atoms with E-state index in [2.05, 4.69) is 0 Å². The van der Waals surface area contributed by atoms with Crippen LogP contribution in [0.25, 0.3) is 0 Å². The van der Waals surface area contributed by atoms with Crippen molar-refractivity contribution in [3.05, 3.63) is 28.5 Å². The molecule has 5 nitrogen and oxygen atoms in total. The van der Waals surface area contributed by atoms with Crippen LogP contribution < -0.4 is 4.74 Å². The Balaban J connectivity index is 2.95. The molecule has 0 N–H and O–H groups in total. The molecule has 1 aromatic rings. The standard InChI is InChI=1S/C17H22ClFO5/c1-5-22-17(23-6-2)15(21)9-14(20)11-7-16(24-10(3)4)12(18)8-13(11)19/h7-8,10,17H,5-6,9H2,1-4H3. The van der Waals surface area contributed by atoms with E-state index in [1.807, 2.05) is 0 Å². The molecule has 0 saturated heterocycles. The summed E-state index contributed by atoms with van der Waals surface area (Å²) in [4.78, 5) is 24.4. The normalized spacial score (nSPS) is 11.2. The van der Waals surface area contributed by atoms with E-state index in [4.69, 9.17) is 25.8 Å². The van der Waals surface area contributed by atoms with Crippen molar-refractivity contribution in [3.63, 3.8) is 0 Å². The fraction of sp³-hybridized carbons (Fsp3) is 0.529. The van der Waals surface area contributed by atoms with Crippen molar-refractivity contribution in [1.29, 1.82) is 0 Å². The third-order valence-electron chi connectivity index (χ3n) is 2.92. The Bertz CT molecular complexity index is 583. The van der Waals surface area contributed by atoms with Gasteiger partial charge in [-0.25, -0.2) is 4.39 Å². The molecule has 0 spiro atoms. The molecule has 0 unspecified atom stereocenters. The van der Waals surface area contributed by atoms with Crippen LogP contribution in [0.15, 0.2) is 12.1 Å². The lowest BCUT2D eigenvalue weighted by atomic mass is 10.0. The smallest absolute Gasteiger partial charge is 0.218 e. The van der Waals surface area contributed by atoms with Crippen LogP contribution in [-0.2, 0) is 14.3 Å². The van der Waals surface area contributed by atoms with Crippen LogP contribution in [0.1, 0.15) is 44.5 Å². The Morgan fingerprint density at radius 2 is 1.75 bits per heavy atom. The SMILES string of the molecule is CCOC(OCC)C(=O)CC(=O)c1cc(OC(C)C)c(Cl)cc1F. The van der Waals surface area contributed by atoms with Crippen LogP contribution in [0.5, 0.6) is 5.75 Å². The summed E-state index contributed by atoms with van der Waals surface area (Å²) in [7, 11) is 0. The van der Waals surface area contributed by atoms with Gasteiger partial charge in [-0.1, -0.05) is 11.6 Å². The number of ether oxygens (including phenoxy) is 3. The van der Waals surface area contributed by atoms with Gasteiger partial charge in [0.1, 0.15) is 11.6 Å². The van der Waals surface area contributed by atoms with Crippen molar-refractivity contribution in [3.8, 4) is 5.75 Å². The van der Waals surface area contributed by atoms with Crippen LogP contribution >= 0.6 is 11.6 Å². The van der Waals surface area contributed by atoms with Gasteiger partial charge in [-0.3, -0.25) is 9.59 Å². The van der Waals surface area contributed by atoms with Gasteiger partial charge in [0.25, 0.3) is 0 Å². The predicted molar refractivity (Wildman–Crippen MR) is 88.2 cm³/mol.